The monoisotopic (exact) mass is 463 g/mol. The van der Waals surface area contributed by atoms with Crippen molar-refractivity contribution in [1.29, 1.82) is 0 Å². The number of nitrogens with zero attached hydrogens (tertiary/aromatic N) is 6. The topological polar surface area (TPSA) is 98.5 Å². The number of fused-ring (bicyclic) bond motifs is 1. The number of pyridine rings is 2. The van der Waals surface area contributed by atoms with Crippen LogP contribution in [0.3, 0.4) is 0 Å². The third kappa shape index (κ3) is 5.06. The van der Waals surface area contributed by atoms with E-state index in [1.165, 1.54) is 0 Å². The fraction of sp³-hybridized carbons (Fsp3) is 0.185. The molecule has 174 valence electrons. The Balaban J connectivity index is 1.36. The van der Waals surface area contributed by atoms with Gasteiger partial charge in [0.1, 0.15) is 5.82 Å². The molecular weight excluding hydrogens is 438 g/mol. The lowest BCUT2D eigenvalue weighted by molar-refractivity contribution is 0.101. The van der Waals surface area contributed by atoms with Gasteiger partial charge >= 0.3 is 0 Å². The van der Waals surface area contributed by atoms with Crippen LogP contribution in [-0.4, -0.2) is 35.7 Å². The minimum absolute atomic E-state index is 0.0608. The summed E-state index contributed by atoms with van der Waals surface area (Å²) in [5.41, 5.74) is 6.35. The highest BCUT2D eigenvalue weighted by molar-refractivity contribution is 5.94. The molecule has 4 aromatic heterocycles. The lowest BCUT2D eigenvalue weighted by Gasteiger charge is -2.09. The summed E-state index contributed by atoms with van der Waals surface area (Å²) in [6, 6.07) is 15.4. The minimum Gasteiger partial charge on any atom is -0.323 e. The number of rotatable bonds is 7. The summed E-state index contributed by atoms with van der Waals surface area (Å²) in [6.07, 6.45) is 7.41. The quantitative estimate of drug-likeness (QED) is 0.323. The van der Waals surface area contributed by atoms with Crippen LogP contribution < -0.4 is 5.32 Å². The van der Waals surface area contributed by atoms with E-state index >= 15 is 0 Å². The fourth-order valence-electron chi connectivity index (χ4n) is 3.75. The lowest BCUT2D eigenvalue weighted by atomic mass is 10.1. The summed E-state index contributed by atoms with van der Waals surface area (Å²) in [5.74, 6) is 1.76. The van der Waals surface area contributed by atoms with Gasteiger partial charge in [0.2, 0.25) is 0 Å². The van der Waals surface area contributed by atoms with Gasteiger partial charge in [-0.2, -0.15) is 10.2 Å². The van der Waals surface area contributed by atoms with Gasteiger partial charge in [0, 0.05) is 29.1 Å². The van der Waals surface area contributed by atoms with E-state index in [0.29, 0.717) is 29.7 Å². The number of aromatic nitrogens is 6. The summed E-state index contributed by atoms with van der Waals surface area (Å²) in [4.78, 5) is 20.8. The Morgan fingerprint density at radius 1 is 0.943 bits per heavy atom. The molecule has 0 aliphatic carbocycles. The van der Waals surface area contributed by atoms with Crippen LogP contribution in [0.2, 0.25) is 0 Å². The van der Waals surface area contributed by atoms with Gasteiger partial charge in [0.15, 0.2) is 11.6 Å². The molecule has 0 radical (unpaired) electrons. The van der Waals surface area contributed by atoms with Crippen LogP contribution in [0.4, 0.5) is 11.6 Å². The molecule has 5 aromatic rings. The van der Waals surface area contributed by atoms with Crippen molar-refractivity contribution < 1.29 is 4.79 Å². The average Bonchev–Trinajstić information content (AvgIpc) is 3.32. The SMILES string of the molecule is CC(=O)c1ccc(Cn2cc(-c3cnc4ccc(Nc5cc(C(C)C)cnn5)nc4c3)cn2)cc1. The van der Waals surface area contributed by atoms with Crippen LogP contribution in [0.5, 0.6) is 0 Å². The zero-order valence-electron chi connectivity index (χ0n) is 19.8. The van der Waals surface area contributed by atoms with Crippen LogP contribution in [-0.2, 0) is 6.54 Å². The molecule has 1 N–H and O–H groups in total. The molecule has 0 spiro atoms. The predicted octanol–water partition coefficient (Wildman–Crippen LogP) is 5.40. The molecule has 0 fully saturated rings. The summed E-state index contributed by atoms with van der Waals surface area (Å²) in [7, 11) is 0. The number of hydrogen-bond acceptors (Lipinski definition) is 7. The van der Waals surface area contributed by atoms with Crippen molar-refractivity contribution in [2.75, 3.05) is 5.32 Å². The number of benzene rings is 1. The van der Waals surface area contributed by atoms with E-state index in [1.807, 2.05) is 71.8 Å². The van der Waals surface area contributed by atoms with E-state index in [1.54, 1.807) is 13.1 Å². The van der Waals surface area contributed by atoms with Crippen molar-refractivity contribution in [2.45, 2.75) is 33.2 Å². The van der Waals surface area contributed by atoms with Gasteiger partial charge in [-0.1, -0.05) is 38.1 Å². The second-order valence-corrected chi connectivity index (χ2v) is 8.79. The molecule has 0 aliphatic rings. The maximum atomic E-state index is 11.5. The second-order valence-electron chi connectivity index (χ2n) is 8.79. The minimum atomic E-state index is 0.0608. The van der Waals surface area contributed by atoms with Crippen LogP contribution in [0.15, 0.2) is 73.3 Å². The molecule has 0 saturated heterocycles. The smallest absolute Gasteiger partial charge is 0.159 e. The molecule has 0 bridgehead atoms. The van der Waals surface area contributed by atoms with Crippen LogP contribution in [0.25, 0.3) is 22.2 Å². The standard InChI is InChI=1S/C27H25N7O/c1-17(2)21-11-27(33-29-13-21)32-26-9-8-24-25(31-26)10-22(12-28-24)23-14-30-34(16-23)15-19-4-6-20(7-5-19)18(3)35/h4-14,16-17H,15H2,1-3H3,(H,31,32,33). The van der Waals surface area contributed by atoms with Gasteiger partial charge in [-0.3, -0.25) is 14.5 Å². The maximum Gasteiger partial charge on any atom is 0.159 e. The van der Waals surface area contributed by atoms with Crippen molar-refractivity contribution >= 4 is 28.5 Å². The lowest BCUT2D eigenvalue weighted by Crippen LogP contribution is -2.00. The molecule has 0 unspecified atom stereocenters. The number of hydrogen-bond donors (Lipinski definition) is 1. The second kappa shape index (κ2) is 9.42. The van der Waals surface area contributed by atoms with Crippen LogP contribution in [0.1, 0.15) is 48.2 Å². The first-order valence-electron chi connectivity index (χ1n) is 11.4. The number of carbonyl (C=O) groups is 1. The third-order valence-electron chi connectivity index (χ3n) is 5.81. The summed E-state index contributed by atoms with van der Waals surface area (Å²) in [5, 5.41) is 16.0. The van der Waals surface area contributed by atoms with Crippen molar-refractivity contribution in [3.63, 3.8) is 0 Å². The first-order valence-corrected chi connectivity index (χ1v) is 11.4. The van der Waals surface area contributed by atoms with Crippen molar-refractivity contribution in [3.8, 4) is 11.1 Å². The predicted molar refractivity (Wildman–Crippen MR) is 136 cm³/mol. The summed E-state index contributed by atoms with van der Waals surface area (Å²) >= 11 is 0. The Morgan fingerprint density at radius 2 is 1.77 bits per heavy atom. The molecule has 0 amide bonds. The van der Waals surface area contributed by atoms with E-state index < -0.39 is 0 Å². The number of anilines is 2. The van der Waals surface area contributed by atoms with E-state index in [0.717, 1.165) is 33.3 Å². The number of ketones is 1. The first-order chi connectivity index (χ1) is 16.9. The van der Waals surface area contributed by atoms with Gasteiger partial charge < -0.3 is 5.32 Å². The third-order valence-corrected chi connectivity index (χ3v) is 5.81. The van der Waals surface area contributed by atoms with E-state index in [9.17, 15) is 4.79 Å². The molecule has 5 rings (SSSR count). The van der Waals surface area contributed by atoms with Gasteiger partial charge in [-0.15, -0.1) is 5.10 Å². The van der Waals surface area contributed by atoms with E-state index in [2.05, 4.69) is 39.4 Å². The number of Topliss-reactive ketones (excluding diaryl/α,β-unsaturated/α-hetero) is 1. The summed E-state index contributed by atoms with van der Waals surface area (Å²) < 4.78 is 1.87. The molecule has 1 aromatic carbocycles. The first kappa shape index (κ1) is 22.3. The maximum absolute atomic E-state index is 11.5. The Morgan fingerprint density at radius 3 is 2.54 bits per heavy atom. The molecule has 35 heavy (non-hydrogen) atoms. The summed E-state index contributed by atoms with van der Waals surface area (Å²) in [6.45, 7) is 6.42. The van der Waals surface area contributed by atoms with Crippen LogP contribution >= 0.6 is 0 Å². The molecule has 0 atom stereocenters. The molecule has 0 aliphatic heterocycles. The highest BCUT2D eigenvalue weighted by atomic mass is 16.1. The normalized spacial score (nSPS) is 11.2. The van der Waals surface area contributed by atoms with Crippen LogP contribution in [0, 0.1) is 0 Å². The van der Waals surface area contributed by atoms with Gasteiger partial charge in [0.25, 0.3) is 0 Å². The van der Waals surface area contributed by atoms with E-state index in [4.69, 9.17) is 4.98 Å². The Bertz CT molecular complexity index is 1510. The highest BCUT2D eigenvalue weighted by Crippen LogP contribution is 2.24. The van der Waals surface area contributed by atoms with E-state index in [-0.39, 0.29) is 5.78 Å². The largest absolute Gasteiger partial charge is 0.323 e. The van der Waals surface area contributed by atoms with Crippen molar-refractivity contribution in [1.82, 2.24) is 29.9 Å². The number of carbonyl (C=O) groups excluding carboxylic acids is 1. The molecule has 0 saturated carbocycles. The zero-order chi connectivity index (χ0) is 24.4. The van der Waals surface area contributed by atoms with Gasteiger partial charge in [-0.05, 0) is 48.2 Å². The Kier molecular flexibility index (Phi) is 6.01. The molecule has 8 heteroatoms. The van der Waals surface area contributed by atoms with Crippen molar-refractivity contribution in [3.05, 3.63) is 90.0 Å². The molecule has 8 nitrogen and oxygen atoms in total. The Hall–Kier alpha value is -4.46. The molecular formula is C27H25N7O. The van der Waals surface area contributed by atoms with Crippen molar-refractivity contribution in [2.24, 2.45) is 0 Å². The Labute approximate surface area is 203 Å². The zero-order valence-corrected chi connectivity index (χ0v) is 19.8. The highest BCUT2D eigenvalue weighted by Gasteiger charge is 2.08. The average molecular weight is 464 g/mol. The molecule has 4 heterocycles. The van der Waals surface area contributed by atoms with Gasteiger partial charge in [0.05, 0.1) is 30.0 Å². The number of nitrogens with one attached hydrogen (secondary N) is 1. The fourth-order valence-corrected chi connectivity index (χ4v) is 3.75. The van der Waals surface area contributed by atoms with Gasteiger partial charge in [-0.25, -0.2) is 4.98 Å².